The summed E-state index contributed by atoms with van der Waals surface area (Å²) in [6, 6.07) is 14.4. The lowest BCUT2D eigenvalue weighted by Crippen LogP contribution is -2.26. The summed E-state index contributed by atoms with van der Waals surface area (Å²) in [5, 5.41) is 1.02. The topological polar surface area (TPSA) is 59.1 Å². The van der Waals surface area contributed by atoms with Crippen molar-refractivity contribution in [3.8, 4) is 0 Å². The van der Waals surface area contributed by atoms with Gasteiger partial charge in [0.05, 0.1) is 10.4 Å². The molecule has 2 aromatic carbocycles. The standard InChI is InChI=1S/C17H15FN2O2S/c18-15-6-8-16(9-7-15)23(21,22)20-12-10-14-4-1-3-13-5-2-11-19-17(13)14/h1-9,11,20H,10,12H2. The molecule has 0 aliphatic carbocycles. The highest BCUT2D eigenvalue weighted by Crippen LogP contribution is 2.16. The Hall–Kier alpha value is -2.31. The normalized spacial score (nSPS) is 11.7. The molecule has 1 heterocycles. The van der Waals surface area contributed by atoms with Crippen LogP contribution in [0.15, 0.2) is 65.7 Å². The van der Waals surface area contributed by atoms with E-state index in [-0.39, 0.29) is 11.4 Å². The summed E-state index contributed by atoms with van der Waals surface area (Å²) in [5.74, 6) is -0.467. The van der Waals surface area contributed by atoms with Crippen molar-refractivity contribution >= 4 is 20.9 Å². The Morgan fingerprint density at radius 3 is 2.52 bits per heavy atom. The van der Waals surface area contributed by atoms with Crippen LogP contribution in [0.5, 0.6) is 0 Å². The summed E-state index contributed by atoms with van der Waals surface area (Å²) in [5.41, 5.74) is 1.85. The molecule has 118 valence electrons. The summed E-state index contributed by atoms with van der Waals surface area (Å²) in [6.07, 6.45) is 2.24. The summed E-state index contributed by atoms with van der Waals surface area (Å²) in [7, 11) is -3.64. The van der Waals surface area contributed by atoms with Crippen LogP contribution in [0.2, 0.25) is 0 Å². The lowest BCUT2D eigenvalue weighted by atomic mass is 10.1. The number of halogens is 1. The number of nitrogens with one attached hydrogen (secondary N) is 1. The number of pyridine rings is 1. The number of nitrogens with zero attached hydrogens (tertiary/aromatic N) is 1. The highest BCUT2D eigenvalue weighted by Gasteiger charge is 2.13. The van der Waals surface area contributed by atoms with E-state index in [9.17, 15) is 12.8 Å². The Morgan fingerprint density at radius 2 is 1.74 bits per heavy atom. The van der Waals surface area contributed by atoms with E-state index in [0.29, 0.717) is 6.42 Å². The van der Waals surface area contributed by atoms with Gasteiger partial charge in [-0.2, -0.15) is 0 Å². The van der Waals surface area contributed by atoms with Crippen LogP contribution < -0.4 is 4.72 Å². The van der Waals surface area contributed by atoms with Gasteiger partial charge in [0.15, 0.2) is 0 Å². The second kappa shape index (κ2) is 6.44. The van der Waals surface area contributed by atoms with Crippen LogP contribution in [0.4, 0.5) is 4.39 Å². The molecule has 0 spiro atoms. The fourth-order valence-corrected chi connectivity index (χ4v) is 3.42. The van der Waals surface area contributed by atoms with Crippen LogP contribution in [-0.4, -0.2) is 19.9 Å². The van der Waals surface area contributed by atoms with Crippen LogP contribution in [0.1, 0.15) is 5.56 Å². The Balaban J connectivity index is 1.72. The van der Waals surface area contributed by atoms with Gasteiger partial charge in [-0.3, -0.25) is 4.98 Å². The third-order valence-corrected chi connectivity index (χ3v) is 5.00. The first-order valence-corrected chi connectivity index (χ1v) is 8.62. The van der Waals surface area contributed by atoms with E-state index in [1.165, 1.54) is 12.1 Å². The van der Waals surface area contributed by atoms with E-state index < -0.39 is 15.8 Å². The average Bonchev–Trinajstić information content (AvgIpc) is 2.55. The molecule has 1 aromatic heterocycles. The van der Waals surface area contributed by atoms with Crippen molar-refractivity contribution < 1.29 is 12.8 Å². The minimum absolute atomic E-state index is 0.0509. The maximum absolute atomic E-state index is 12.9. The fourth-order valence-electron chi connectivity index (χ4n) is 2.39. The zero-order chi connectivity index (χ0) is 16.3. The molecule has 6 heteroatoms. The summed E-state index contributed by atoms with van der Waals surface area (Å²) in [6.45, 7) is 0.245. The first-order chi connectivity index (χ1) is 11.1. The van der Waals surface area contributed by atoms with E-state index in [4.69, 9.17) is 0 Å². The molecular formula is C17H15FN2O2S. The van der Waals surface area contributed by atoms with E-state index in [1.54, 1.807) is 6.20 Å². The second-order valence-electron chi connectivity index (χ2n) is 5.09. The molecule has 0 aliphatic rings. The predicted octanol–water partition coefficient (Wildman–Crippen LogP) is 2.89. The van der Waals surface area contributed by atoms with Crippen molar-refractivity contribution in [1.82, 2.24) is 9.71 Å². The van der Waals surface area contributed by atoms with Crippen LogP contribution >= 0.6 is 0 Å². The fraction of sp³-hybridized carbons (Fsp3) is 0.118. The molecule has 23 heavy (non-hydrogen) atoms. The molecular weight excluding hydrogens is 315 g/mol. The molecule has 0 atom stereocenters. The van der Waals surface area contributed by atoms with Crippen molar-refractivity contribution in [3.05, 3.63) is 72.2 Å². The van der Waals surface area contributed by atoms with Gasteiger partial charge in [0, 0.05) is 18.1 Å². The largest absolute Gasteiger partial charge is 0.256 e. The maximum atomic E-state index is 12.9. The molecule has 0 saturated heterocycles. The second-order valence-corrected chi connectivity index (χ2v) is 6.86. The van der Waals surface area contributed by atoms with E-state index in [2.05, 4.69) is 9.71 Å². The van der Waals surface area contributed by atoms with Gasteiger partial charge in [-0.25, -0.2) is 17.5 Å². The molecule has 3 rings (SSSR count). The third-order valence-electron chi connectivity index (χ3n) is 3.53. The zero-order valence-electron chi connectivity index (χ0n) is 12.2. The Labute approximate surface area is 134 Å². The third kappa shape index (κ3) is 3.55. The van der Waals surface area contributed by atoms with E-state index >= 15 is 0 Å². The number of para-hydroxylation sites is 1. The highest BCUT2D eigenvalue weighted by molar-refractivity contribution is 7.89. The smallest absolute Gasteiger partial charge is 0.240 e. The van der Waals surface area contributed by atoms with Gasteiger partial charge >= 0.3 is 0 Å². The number of hydrogen-bond acceptors (Lipinski definition) is 3. The summed E-state index contributed by atoms with van der Waals surface area (Å²) < 4.78 is 39.7. The number of aromatic nitrogens is 1. The number of sulfonamides is 1. The number of fused-ring (bicyclic) bond motifs is 1. The molecule has 0 amide bonds. The van der Waals surface area contributed by atoms with Gasteiger partial charge in [-0.05, 0) is 42.3 Å². The quantitative estimate of drug-likeness (QED) is 0.782. The van der Waals surface area contributed by atoms with Crippen molar-refractivity contribution in [2.45, 2.75) is 11.3 Å². The minimum atomic E-state index is -3.64. The van der Waals surface area contributed by atoms with Gasteiger partial charge < -0.3 is 0 Å². The van der Waals surface area contributed by atoms with Crippen LogP contribution in [-0.2, 0) is 16.4 Å². The Kier molecular flexibility index (Phi) is 4.36. The van der Waals surface area contributed by atoms with Gasteiger partial charge in [0.25, 0.3) is 0 Å². The van der Waals surface area contributed by atoms with E-state index in [0.717, 1.165) is 28.6 Å². The van der Waals surface area contributed by atoms with Gasteiger partial charge in [-0.15, -0.1) is 0 Å². The predicted molar refractivity (Wildman–Crippen MR) is 87.0 cm³/mol. The molecule has 4 nitrogen and oxygen atoms in total. The molecule has 0 unspecified atom stereocenters. The summed E-state index contributed by atoms with van der Waals surface area (Å²) >= 11 is 0. The van der Waals surface area contributed by atoms with Crippen LogP contribution in [0.25, 0.3) is 10.9 Å². The minimum Gasteiger partial charge on any atom is -0.256 e. The van der Waals surface area contributed by atoms with Crippen molar-refractivity contribution in [3.63, 3.8) is 0 Å². The first-order valence-electron chi connectivity index (χ1n) is 7.14. The van der Waals surface area contributed by atoms with Crippen LogP contribution in [0.3, 0.4) is 0 Å². The number of benzene rings is 2. The molecule has 0 fully saturated rings. The van der Waals surface area contributed by atoms with Crippen molar-refractivity contribution in [2.75, 3.05) is 6.54 Å². The lowest BCUT2D eigenvalue weighted by Gasteiger charge is -2.08. The lowest BCUT2D eigenvalue weighted by molar-refractivity contribution is 0.580. The summed E-state index contributed by atoms with van der Waals surface area (Å²) in [4.78, 5) is 4.40. The molecule has 0 radical (unpaired) electrons. The van der Waals surface area contributed by atoms with Gasteiger partial charge in [0.2, 0.25) is 10.0 Å². The van der Waals surface area contributed by atoms with Gasteiger partial charge in [-0.1, -0.05) is 24.3 Å². The van der Waals surface area contributed by atoms with E-state index in [1.807, 2.05) is 30.3 Å². The van der Waals surface area contributed by atoms with Crippen molar-refractivity contribution in [2.24, 2.45) is 0 Å². The monoisotopic (exact) mass is 330 g/mol. The maximum Gasteiger partial charge on any atom is 0.240 e. The first kappa shape index (κ1) is 15.6. The number of rotatable bonds is 5. The SMILES string of the molecule is O=S(=O)(NCCc1cccc2cccnc12)c1ccc(F)cc1. The molecule has 0 saturated carbocycles. The highest BCUT2D eigenvalue weighted by atomic mass is 32.2. The Morgan fingerprint density at radius 1 is 1.00 bits per heavy atom. The molecule has 0 aliphatic heterocycles. The van der Waals surface area contributed by atoms with Crippen molar-refractivity contribution in [1.29, 1.82) is 0 Å². The molecule has 3 aromatic rings. The average molecular weight is 330 g/mol. The molecule has 0 bridgehead atoms. The zero-order valence-corrected chi connectivity index (χ0v) is 13.1. The number of hydrogen-bond donors (Lipinski definition) is 1. The Bertz CT molecular complexity index is 919. The van der Waals surface area contributed by atoms with Gasteiger partial charge in [0.1, 0.15) is 5.82 Å². The molecule has 1 N–H and O–H groups in total. The van der Waals surface area contributed by atoms with Crippen LogP contribution in [0, 0.1) is 5.82 Å².